The van der Waals surface area contributed by atoms with Gasteiger partial charge in [0.1, 0.15) is 0 Å². The zero-order valence-corrected chi connectivity index (χ0v) is 12.4. The molecule has 0 aromatic heterocycles. The van der Waals surface area contributed by atoms with Gasteiger partial charge in [-0.1, -0.05) is 12.1 Å². The fourth-order valence-corrected chi connectivity index (χ4v) is 2.60. The maximum Gasteiger partial charge on any atom is 0.307 e. The predicted octanol–water partition coefficient (Wildman–Crippen LogP) is 0.545. The topological polar surface area (TPSA) is 110 Å². The molecular formula is C13H17NO6S. The van der Waals surface area contributed by atoms with Crippen LogP contribution in [0, 0.1) is 0 Å². The number of rotatable bonds is 8. The van der Waals surface area contributed by atoms with Gasteiger partial charge in [-0.3, -0.25) is 9.59 Å². The van der Waals surface area contributed by atoms with Crippen LogP contribution in [0.2, 0.25) is 0 Å². The van der Waals surface area contributed by atoms with Crippen LogP contribution >= 0.6 is 0 Å². The summed E-state index contributed by atoms with van der Waals surface area (Å²) in [6.07, 6.45) is -0.221. The van der Waals surface area contributed by atoms with Crippen LogP contribution in [0.15, 0.2) is 29.2 Å². The summed E-state index contributed by atoms with van der Waals surface area (Å²) >= 11 is 0. The molecule has 1 rings (SSSR count). The summed E-state index contributed by atoms with van der Waals surface area (Å²) in [6, 6.07) is 5.53. The van der Waals surface area contributed by atoms with Gasteiger partial charge in [-0.25, -0.2) is 13.1 Å². The number of nitrogens with one attached hydrogen (secondary N) is 1. The first-order valence-corrected chi connectivity index (χ1v) is 7.79. The molecule has 0 radical (unpaired) electrons. The monoisotopic (exact) mass is 315 g/mol. The fourth-order valence-electron chi connectivity index (χ4n) is 1.57. The van der Waals surface area contributed by atoms with E-state index in [1.807, 2.05) is 0 Å². The van der Waals surface area contributed by atoms with Crippen molar-refractivity contribution in [2.24, 2.45) is 0 Å². The third-order valence-electron chi connectivity index (χ3n) is 2.52. The maximum atomic E-state index is 11.9. The Hall–Kier alpha value is -1.93. The van der Waals surface area contributed by atoms with Crippen LogP contribution in [0.25, 0.3) is 0 Å². The first-order valence-electron chi connectivity index (χ1n) is 6.31. The number of hydrogen-bond donors (Lipinski definition) is 2. The molecule has 0 aliphatic heterocycles. The molecule has 1 aromatic carbocycles. The van der Waals surface area contributed by atoms with Crippen molar-refractivity contribution >= 4 is 22.0 Å². The van der Waals surface area contributed by atoms with Gasteiger partial charge in [0.15, 0.2) is 0 Å². The van der Waals surface area contributed by atoms with E-state index in [1.54, 1.807) is 6.92 Å². The second-order valence-corrected chi connectivity index (χ2v) is 5.93. The van der Waals surface area contributed by atoms with Crippen LogP contribution in [0.5, 0.6) is 0 Å². The zero-order chi connectivity index (χ0) is 15.9. The van der Waals surface area contributed by atoms with Crippen molar-refractivity contribution in [3.63, 3.8) is 0 Å². The third-order valence-corrected chi connectivity index (χ3v) is 3.99. The van der Waals surface area contributed by atoms with Crippen molar-refractivity contribution in [3.05, 3.63) is 29.8 Å². The second kappa shape index (κ2) is 7.75. The molecule has 0 heterocycles. The minimum Gasteiger partial charge on any atom is -0.481 e. The Kier molecular flexibility index (Phi) is 6.32. The first-order chi connectivity index (χ1) is 9.85. The molecule has 0 aliphatic rings. The molecule has 0 bridgehead atoms. The summed E-state index contributed by atoms with van der Waals surface area (Å²) in [4.78, 5) is 21.6. The lowest BCUT2D eigenvalue weighted by molar-refractivity contribution is -0.143. The highest BCUT2D eigenvalue weighted by molar-refractivity contribution is 7.89. The van der Waals surface area contributed by atoms with E-state index < -0.39 is 22.0 Å². The van der Waals surface area contributed by atoms with Crippen LogP contribution in [0.4, 0.5) is 0 Å². The van der Waals surface area contributed by atoms with E-state index in [2.05, 4.69) is 9.46 Å². The van der Waals surface area contributed by atoms with Gasteiger partial charge in [-0.05, 0) is 24.6 Å². The van der Waals surface area contributed by atoms with Crippen molar-refractivity contribution in [1.29, 1.82) is 0 Å². The number of carboxylic acid groups (broad SMARTS) is 1. The van der Waals surface area contributed by atoms with Crippen LogP contribution < -0.4 is 4.72 Å². The summed E-state index contributed by atoms with van der Waals surface area (Å²) in [7, 11) is -3.72. The highest BCUT2D eigenvalue weighted by Crippen LogP contribution is 2.11. The van der Waals surface area contributed by atoms with Crippen molar-refractivity contribution in [2.45, 2.75) is 24.7 Å². The predicted molar refractivity (Wildman–Crippen MR) is 74.2 cm³/mol. The smallest absolute Gasteiger partial charge is 0.307 e. The minimum absolute atomic E-state index is 0.0143. The molecule has 7 nitrogen and oxygen atoms in total. The van der Waals surface area contributed by atoms with E-state index in [0.717, 1.165) is 0 Å². The molecule has 8 heteroatoms. The van der Waals surface area contributed by atoms with Crippen molar-refractivity contribution < 1.29 is 27.9 Å². The quantitative estimate of drug-likeness (QED) is 0.678. The van der Waals surface area contributed by atoms with Gasteiger partial charge in [0, 0.05) is 6.54 Å². The Morgan fingerprint density at radius 1 is 1.24 bits per heavy atom. The lowest BCUT2D eigenvalue weighted by atomic mass is 10.2. The van der Waals surface area contributed by atoms with Gasteiger partial charge >= 0.3 is 11.9 Å². The normalized spacial score (nSPS) is 11.1. The van der Waals surface area contributed by atoms with E-state index in [1.165, 1.54) is 24.3 Å². The SMILES string of the molecule is CCOC(=O)CCNS(=O)(=O)c1ccc(CC(=O)O)cc1. The van der Waals surface area contributed by atoms with Gasteiger partial charge in [0.05, 0.1) is 24.3 Å². The highest BCUT2D eigenvalue weighted by Gasteiger charge is 2.14. The zero-order valence-electron chi connectivity index (χ0n) is 11.5. The van der Waals surface area contributed by atoms with Crippen LogP contribution in [0.1, 0.15) is 18.9 Å². The van der Waals surface area contributed by atoms with E-state index >= 15 is 0 Å². The number of hydrogen-bond acceptors (Lipinski definition) is 5. The molecule has 0 aliphatic carbocycles. The number of benzene rings is 1. The number of carbonyl (C=O) groups excluding carboxylic acids is 1. The first kappa shape index (κ1) is 17.1. The van der Waals surface area contributed by atoms with Gasteiger partial charge in [-0.15, -0.1) is 0 Å². The number of sulfonamides is 1. The Bertz CT molecular complexity index is 594. The number of ether oxygens (including phenoxy) is 1. The van der Waals surface area contributed by atoms with Crippen molar-refractivity contribution in [2.75, 3.05) is 13.2 Å². The number of carboxylic acids is 1. The van der Waals surface area contributed by atoms with Crippen LogP contribution in [-0.2, 0) is 30.8 Å². The van der Waals surface area contributed by atoms with Gasteiger partial charge < -0.3 is 9.84 Å². The Labute approximate surface area is 123 Å². The Morgan fingerprint density at radius 3 is 2.38 bits per heavy atom. The molecule has 1 aromatic rings. The van der Waals surface area contributed by atoms with Crippen molar-refractivity contribution in [1.82, 2.24) is 4.72 Å². The third kappa shape index (κ3) is 5.92. The largest absolute Gasteiger partial charge is 0.481 e. The summed E-state index contributed by atoms with van der Waals surface area (Å²) in [5, 5.41) is 8.63. The number of esters is 1. The molecule has 0 fully saturated rings. The minimum atomic E-state index is -3.72. The summed E-state index contributed by atoms with van der Waals surface area (Å²) in [5.74, 6) is -1.46. The average Bonchev–Trinajstić information content (AvgIpc) is 2.38. The second-order valence-electron chi connectivity index (χ2n) is 4.17. The summed E-state index contributed by atoms with van der Waals surface area (Å²) < 4.78 is 30.8. The van der Waals surface area contributed by atoms with Crippen LogP contribution in [0.3, 0.4) is 0 Å². The van der Waals surface area contributed by atoms with E-state index in [4.69, 9.17) is 5.11 Å². The molecule has 0 unspecified atom stereocenters. The lowest BCUT2D eigenvalue weighted by Crippen LogP contribution is -2.26. The molecule has 116 valence electrons. The molecule has 2 N–H and O–H groups in total. The fraction of sp³-hybridized carbons (Fsp3) is 0.385. The lowest BCUT2D eigenvalue weighted by Gasteiger charge is -2.07. The number of carbonyl (C=O) groups is 2. The molecule has 0 saturated carbocycles. The molecule has 0 saturated heterocycles. The summed E-state index contributed by atoms with van der Waals surface area (Å²) in [5.41, 5.74) is 0.507. The standard InChI is InChI=1S/C13H17NO6S/c1-2-20-13(17)7-8-14-21(18,19)11-5-3-10(4-6-11)9-12(15)16/h3-6,14H,2,7-9H2,1H3,(H,15,16). The molecular weight excluding hydrogens is 298 g/mol. The summed E-state index contributed by atoms with van der Waals surface area (Å²) in [6.45, 7) is 1.86. The number of aliphatic carboxylic acids is 1. The van der Waals surface area contributed by atoms with Gasteiger partial charge in [0.2, 0.25) is 10.0 Å². The molecule has 0 spiro atoms. The Balaban J connectivity index is 2.61. The Morgan fingerprint density at radius 2 is 1.86 bits per heavy atom. The van der Waals surface area contributed by atoms with Crippen LogP contribution in [-0.4, -0.2) is 38.6 Å². The molecule has 0 amide bonds. The molecule has 0 atom stereocenters. The van der Waals surface area contributed by atoms with Crippen molar-refractivity contribution in [3.8, 4) is 0 Å². The van der Waals surface area contributed by atoms with E-state index in [9.17, 15) is 18.0 Å². The average molecular weight is 315 g/mol. The maximum absolute atomic E-state index is 11.9. The van der Waals surface area contributed by atoms with E-state index in [-0.39, 0.29) is 30.9 Å². The molecule has 21 heavy (non-hydrogen) atoms. The van der Waals surface area contributed by atoms with Gasteiger partial charge in [0.25, 0.3) is 0 Å². The highest BCUT2D eigenvalue weighted by atomic mass is 32.2. The van der Waals surface area contributed by atoms with E-state index in [0.29, 0.717) is 5.56 Å². The van der Waals surface area contributed by atoms with Gasteiger partial charge in [-0.2, -0.15) is 0 Å².